The highest BCUT2D eigenvalue weighted by Gasteiger charge is 2.29. The van der Waals surface area contributed by atoms with Gasteiger partial charge in [-0.1, -0.05) is 12.1 Å². The Hall–Kier alpha value is -2.65. The lowest BCUT2D eigenvalue weighted by molar-refractivity contribution is 0.0717. The predicted octanol–water partition coefficient (Wildman–Crippen LogP) is 5.13. The molecule has 180 valence electrons. The summed E-state index contributed by atoms with van der Waals surface area (Å²) in [6.07, 6.45) is 2.24. The summed E-state index contributed by atoms with van der Waals surface area (Å²) in [5, 5.41) is 6.71. The van der Waals surface area contributed by atoms with E-state index < -0.39 is 5.54 Å². The summed E-state index contributed by atoms with van der Waals surface area (Å²) in [7, 11) is 0. The SMILES string of the molecule is Cc1nc(C)c(C(=O)N2CCC(c3nc(C(=O)NC(C)(C)Cc4ccc(F)cc4)cs3)CC2)s1. The fraction of sp³-hybridized carbons (Fsp3) is 0.440. The molecule has 1 aliphatic rings. The molecular weight excluding hydrogens is 471 g/mol. The molecule has 2 aromatic heterocycles. The van der Waals surface area contributed by atoms with E-state index >= 15 is 0 Å². The first kappa shape index (κ1) is 24.5. The average Bonchev–Trinajstić information content (AvgIpc) is 3.41. The first-order valence-corrected chi connectivity index (χ1v) is 13.1. The van der Waals surface area contributed by atoms with Crippen molar-refractivity contribution < 1.29 is 14.0 Å². The van der Waals surface area contributed by atoms with Crippen molar-refractivity contribution in [2.75, 3.05) is 13.1 Å². The molecule has 0 unspecified atom stereocenters. The van der Waals surface area contributed by atoms with Gasteiger partial charge in [0, 0.05) is 29.9 Å². The molecule has 0 bridgehead atoms. The van der Waals surface area contributed by atoms with Gasteiger partial charge in [-0.05, 0) is 64.7 Å². The molecule has 1 saturated heterocycles. The van der Waals surface area contributed by atoms with Crippen molar-refractivity contribution in [1.29, 1.82) is 0 Å². The summed E-state index contributed by atoms with van der Waals surface area (Å²) >= 11 is 2.95. The van der Waals surface area contributed by atoms with E-state index in [1.165, 1.54) is 34.8 Å². The molecule has 0 aliphatic carbocycles. The van der Waals surface area contributed by atoms with Crippen LogP contribution in [-0.4, -0.2) is 45.3 Å². The molecule has 0 saturated carbocycles. The van der Waals surface area contributed by atoms with Crippen molar-refractivity contribution >= 4 is 34.5 Å². The van der Waals surface area contributed by atoms with Crippen molar-refractivity contribution in [3.8, 4) is 0 Å². The molecule has 4 rings (SSSR count). The first-order chi connectivity index (χ1) is 16.1. The van der Waals surface area contributed by atoms with Crippen LogP contribution in [0.4, 0.5) is 4.39 Å². The first-order valence-electron chi connectivity index (χ1n) is 11.4. The maximum atomic E-state index is 13.2. The third-order valence-corrected chi connectivity index (χ3v) is 8.06. The van der Waals surface area contributed by atoms with Gasteiger partial charge in [0.25, 0.3) is 11.8 Å². The van der Waals surface area contributed by atoms with Gasteiger partial charge in [0.05, 0.1) is 15.7 Å². The van der Waals surface area contributed by atoms with Crippen molar-refractivity contribution in [1.82, 2.24) is 20.2 Å². The number of nitrogens with one attached hydrogen (secondary N) is 1. The van der Waals surface area contributed by atoms with Crippen LogP contribution in [-0.2, 0) is 6.42 Å². The van der Waals surface area contributed by atoms with Gasteiger partial charge < -0.3 is 10.2 Å². The summed E-state index contributed by atoms with van der Waals surface area (Å²) in [6, 6.07) is 6.33. The lowest BCUT2D eigenvalue weighted by Gasteiger charge is -2.31. The normalized spacial score (nSPS) is 14.9. The van der Waals surface area contributed by atoms with E-state index in [9.17, 15) is 14.0 Å². The molecule has 1 N–H and O–H groups in total. The smallest absolute Gasteiger partial charge is 0.271 e. The lowest BCUT2D eigenvalue weighted by Crippen LogP contribution is -2.45. The molecule has 1 aliphatic heterocycles. The van der Waals surface area contributed by atoms with E-state index in [4.69, 9.17) is 0 Å². The summed E-state index contributed by atoms with van der Waals surface area (Å²) in [5.74, 6) is -0.181. The van der Waals surface area contributed by atoms with Gasteiger partial charge in [0.2, 0.25) is 0 Å². The zero-order valence-corrected chi connectivity index (χ0v) is 21.5. The molecule has 1 aromatic carbocycles. The molecule has 0 radical (unpaired) electrons. The number of rotatable bonds is 6. The Balaban J connectivity index is 1.33. The number of benzene rings is 1. The number of piperidine rings is 1. The third kappa shape index (κ3) is 5.70. The number of aryl methyl sites for hydroxylation is 2. The van der Waals surface area contributed by atoms with Crippen LogP contribution < -0.4 is 5.32 Å². The van der Waals surface area contributed by atoms with Gasteiger partial charge in [0.15, 0.2) is 0 Å². The molecule has 34 heavy (non-hydrogen) atoms. The van der Waals surface area contributed by atoms with E-state index in [2.05, 4.69) is 15.3 Å². The van der Waals surface area contributed by atoms with E-state index in [0.717, 1.165) is 39.0 Å². The van der Waals surface area contributed by atoms with Crippen LogP contribution in [0.1, 0.15) is 74.0 Å². The minimum atomic E-state index is -0.502. The molecule has 0 atom stereocenters. The lowest BCUT2D eigenvalue weighted by atomic mass is 9.94. The van der Waals surface area contributed by atoms with Crippen LogP contribution in [0.25, 0.3) is 0 Å². The van der Waals surface area contributed by atoms with Gasteiger partial charge in [-0.25, -0.2) is 14.4 Å². The fourth-order valence-electron chi connectivity index (χ4n) is 4.31. The quantitative estimate of drug-likeness (QED) is 0.509. The van der Waals surface area contributed by atoms with Gasteiger partial charge in [-0.3, -0.25) is 9.59 Å². The van der Waals surface area contributed by atoms with E-state index in [1.54, 1.807) is 17.5 Å². The Kier molecular flexibility index (Phi) is 7.14. The molecule has 2 amide bonds. The number of likely N-dealkylation sites (tertiary alicyclic amines) is 1. The highest BCUT2D eigenvalue weighted by molar-refractivity contribution is 7.13. The van der Waals surface area contributed by atoms with Crippen LogP contribution in [0.2, 0.25) is 0 Å². The Morgan fingerprint density at radius 1 is 1.15 bits per heavy atom. The Labute approximate surface area is 207 Å². The number of thiazole rings is 2. The van der Waals surface area contributed by atoms with Crippen molar-refractivity contribution in [3.63, 3.8) is 0 Å². The second-order valence-electron chi connectivity index (χ2n) is 9.43. The average molecular weight is 501 g/mol. The monoisotopic (exact) mass is 500 g/mol. The fourth-order valence-corrected chi connectivity index (χ4v) is 6.17. The van der Waals surface area contributed by atoms with Crippen LogP contribution in [0.3, 0.4) is 0 Å². The summed E-state index contributed by atoms with van der Waals surface area (Å²) in [4.78, 5) is 37.3. The van der Waals surface area contributed by atoms with Gasteiger partial charge in [-0.2, -0.15) is 0 Å². The van der Waals surface area contributed by atoms with Gasteiger partial charge in [-0.15, -0.1) is 22.7 Å². The largest absolute Gasteiger partial charge is 0.345 e. The van der Waals surface area contributed by atoms with Crippen LogP contribution >= 0.6 is 22.7 Å². The maximum Gasteiger partial charge on any atom is 0.271 e. The number of aromatic nitrogens is 2. The van der Waals surface area contributed by atoms with E-state index in [1.807, 2.05) is 32.6 Å². The van der Waals surface area contributed by atoms with Crippen molar-refractivity contribution in [2.24, 2.45) is 0 Å². The zero-order valence-electron chi connectivity index (χ0n) is 19.9. The third-order valence-electron chi connectivity index (χ3n) is 6.00. The number of amides is 2. The summed E-state index contributed by atoms with van der Waals surface area (Å²) in [6.45, 7) is 9.03. The number of nitrogens with zero attached hydrogens (tertiary/aromatic N) is 3. The van der Waals surface area contributed by atoms with E-state index in [0.29, 0.717) is 25.2 Å². The maximum absolute atomic E-state index is 13.2. The predicted molar refractivity (Wildman–Crippen MR) is 133 cm³/mol. The molecule has 6 nitrogen and oxygen atoms in total. The Morgan fingerprint density at radius 2 is 1.82 bits per heavy atom. The van der Waals surface area contributed by atoms with Crippen LogP contribution in [0.15, 0.2) is 29.6 Å². The highest BCUT2D eigenvalue weighted by atomic mass is 32.1. The second-order valence-corrected chi connectivity index (χ2v) is 11.5. The number of carbonyl (C=O) groups excluding carboxylic acids is 2. The number of hydrogen-bond acceptors (Lipinski definition) is 6. The highest BCUT2D eigenvalue weighted by Crippen LogP contribution is 2.32. The standard InChI is InChI=1S/C25H29FN4O2S2/c1-15-21(34-16(2)27-15)24(32)30-11-9-18(10-12-30)23-28-20(14-33-23)22(31)29-25(3,4)13-17-5-7-19(26)8-6-17/h5-8,14,18H,9-13H2,1-4H3,(H,29,31). The van der Waals surface area contributed by atoms with Crippen molar-refractivity contribution in [3.05, 3.63) is 67.3 Å². The van der Waals surface area contributed by atoms with Crippen molar-refractivity contribution in [2.45, 2.75) is 58.4 Å². The molecular formula is C25H29FN4O2S2. The Bertz CT molecular complexity index is 1180. The molecule has 0 spiro atoms. The van der Waals surface area contributed by atoms with Crippen LogP contribution in [0.5, 0.6) is 0 Å². The molecule has 3 aromatic rings. The number of hydrogen-bond donors (Lipinski definition) is 1. The summed E-state index contributed by atoms with van der Waals surface area (Å²) in [5.41, 5.74) is 1.67. The number of halogens is 1. The summed E-state index contributed by atoms with van der Waals surface area (Å²) < 4.78 is 13.2. The van der Waals surface area contributed by atoms with Crippen LogP contribution in [0, 0.1) is 19.7 Å². The topological polar surface area (TPSA) is 75.2 Å². The number of carbonyl (C=O) groups is 2. The zero-order chi connectivity index (χ0) is 24.5. The molecule has 9 heteroatoms. The molecule has 1 fully saturated rings. The molecule has 3 heterocycles. The van der Waals surface area contributed by atoms with E-state index in [-0.39, 0.29) is 23.5 Å². The minimum Gasteiger partial charge on any atom is -0.345 e. The van der Waals surface area contributed by atoms with Gasteiger partial charge in [0.1, 0.15) is 16.4 Å². The minimum absolute atomic E-state index is 0.0594. The van der Waals surface area contributed by atoms with Gasteiger partial charge >= 0.3 is 0 Å². The Morgan fingerprint density at radius 3 is 2.44 bits per heavy atom. The second kappa shape index (κ2) is 9.92.